The minimum Gasteiger partial charge on any atom is -0.289 e. The second-order valence-corrected chi connectivity index (χ2v) is 8.51. The molecule has 0 saturated heterocycles. The molecule has 0 spiro atoms. The van der Waals surface area contributed by atoms with Gasteiger partial charge in [0.2, 0.25) is 0 Å². The maximum atomic E-state index is 13.8. The molecule has 13 nitrogen and oxygen atoms in total. The van der Waals surface area contributed by atoms with Gasteiger partial charge in [-0.15, -0.1) is 0 Å². The van der Waals surface area contributed by atoms with Gasteiger partial charge in [0, 0.05) is 12.4 Å². The summed E-state index contributed by atoms with van der Waals surface area (Å²) in [5.74, 6) is 1.57. The van der Waals surface area contributed by atoms with Crippen LogP contribution in [0.1, 0.15) is 42.0 Å². The predicted octanol–water partition coefficient (Wildman–Crippen LogP) is 2.23. The van der Waals surface area contributed by atoms with Crippen LogP contribution in [-0.2, 0) is 0 Å². The second-order valence-electron chi connectivity index (χ2n) is 8.51. The van der Waals surface area contributed by atoms with E-state index in [1.807, 2.05) is 5.43 Å². The van der Waals surface area contributed by atoms with Gasteiger partial charge in [0.05, 0.1) is 22.8 Å². The van der Waals surface area contributed by atoms with Crippen LogP contribution in [0.2, 0.25) is 0 Å². The first-order valence-corrected chi connectivity index (χ1v) is 12.4. The van der Waals surface area contributed by atoms with Gasteiger partial charge >= 0.3 is 0 Å². The van der Waals surface area contributed by atoms with Crippen LogP contribution in [-0.4, -0.2) is 53.6 Å². The molecule has 0 bridgehead atoms. The fourth-order valence-corrected chi connectivity index (χ4v) is 3.76. The Hall–Kier alpha value is -6.21. The second kappa shape index (κ2) is 12.3. The minimum atomic E-state index is -0.954. The molecule has 0 aromatic carbocycles. The van der Waals surface area contributed by atoms with Gasteiger partial charge in [0.25, 0.3) is 23.6 Å². The van der Waals surface area contributed by atoms with Crippen LogP contribution in [0, 0.1) is 0 Å². The molecule has 0 aliphatic carbocycles. The highest BCUT2D eigenvalue weighted by atomic mass is 16.2. The van der Waals surface area contributed by atoms with Crippen molar-refractivity contribution in [1.29, 1.82) is 0 Å². The van der Waals surface area contributed by atoms with Crippen molar-refractivity contribution in [3.63, 3.8) is 0 Å². The Morgan fingerprint density at radius 2 is 0.976 bits per heavy atom. The lowest BCUT2D eigenvalue weighted by atomic mass is 10.2. The zero-order chi connectivity index (χ0) is 29.5. The normalized spacial score (nSPS) is 10.4. The van der Waals surface area contributed by atoms with Crippen molar-refractivity contribution in [2.45, 2.75) is 0 Å². The molecule has 13 heteroatoms. The van der Waals surface area contributed by atoms with Crippen molar-refractivity contribution < 1.29 is 19.2 Å². The van der Waals surface area contributed by atoms with Crippen molar-refractivity contribution in [3.8, 4) is 22.8 Å². The number of pyridine rings is 5. The standard InChI is InChI=1S/C29H21N9O4/c30-36-26(39)22-12-7-13-23(35-22)27(40)37-38(28(41)24-14-5-10-20(33-24)18-8-1-3-16-31-18)29(42)25-15-6-11-21(34-25)19-9-2-4-17-32-19/h1-17H,30H2,(H,36,39)(H,37,40). The van der Waals surface area contributed by atoms with Gasteiger partial charge in [0.1, 0.15) is 22.8 Å². The van der Waals surface area contributed by atoms with E-state index in [1.165, 1.54) is 30.3 Å². The Bertz CT molecular complexity index is 1690. The number of carbonyl (C=O) groups is 4. The highest BCUT2D eigenvalue weighted by Gasteiger charge is 2.30. The summed E-state index contributed by atoms with van der Waals surface area (Å²) in [4.78, 5) is 73.8. The maximum Gasteiger partial charge on any atom is 0.298 e. The van der Waals surface area contributed by atoms with Crippen LogP contribution >= 0.6 is 0 Å². The van der Waals surface area contributed by atoms with Gasteiger partial charge in [-0.3, -0.25) is 40.0 Å². The van der Waals surface area contributed by atoms with Crippen molar-refractivity contribution in [2.75, 3.05) is 0 Å². The highest BCUT2D eigenvalue weighted by molar-refractivity contribution is 6.11. The van der Waals surface area contributed by atoms with Gasteiger partial charge in [-0.05, 0) is 60.7 Å². The fourth-order valence-electron chi connectivity index (χ4n) is 3.76. The summed E-state index contributed by atoms with van der Waals surface area (Å²) in [7, 11) is 0. The molecular formula is C29H21N9O4. The molecule has 0 atom stereocenters. The monoisotopic (exact) mass is 559 g/mol. The number of carbonyl (C=O) groups excluding carboxylic acids is 4. The smallest absolute Gasteiger partial charge is 0.289 e. The molecule has 206 valence electrons. The molecule has 5 heterocycles. The van der Waals surface area contributed by atoms with Crippen LogP contribution in [0.25, 0.3) is 22.8 Å². The number of nitrogen functional groups attached to an aromatic ring is 1. The number of hydrazine groups is 2. The van der Waals surface area contributed by atoms with Crippen LogP contribution in [0.15, 0.2) is 103 Å². The summed E-state index contributed by atoms with van der Waals surface area (Å²) < 4.78 is 0. The molecule has 0 saturated carbocycles. The maximum absolute atomic E-state index is 13.8. The Morgan fingerprint density at radius 3 is 1.45 bits per heavy atom. The molecule has 5 aromatic rings. The summed E-state index contributed by atoms with van der Waals surface area (Å²) in [6, 6.07) is 23.7. The lowest BCUT2D eigenvalue weighted by molar-refractivity contribution is 0.0476. The number of hydrogen-bond acceptors (Lipinski definition) is 10. The van der Waals surface area contributed by atoms with Crippen molar-refractivity contribution >= 4 is 23.6 Å². The molecule has 0 aliphatic heterocycles. The molecule has 0 unspecified atom stereocenters. The first-order chi connectivity index (χ1) is 20.4. The number of amides is 4. The largest absolute Gasteiger partial charge is 0.298 e. The van der Waals surface area contributed by atoms with Gasteiger partial charge in [-0.1, -0.05) is 30.3 Å². The van der Waals surface area contributed by atoms with Crippen LogP contribution in [0.4, 0.5) is 0 Å². The average molecular weight is 560 g/mol. The SMILES string of the molecule is NNC(=O)c1cccc(C(=O)NN(C(=O)c2cccc(-c3ccccn3)n2)C(=O)c2cccc(-c3ccccn3)n2)n1. The van der Waals surface area contributed by atoms with Gasteiger partial charge in [0.15, 0.2) is 0 Å². The first-order valence-electron chi connectivity index (χ1n) is 12.4. The Kier molecular flexibility index (Phi) is 8.02. The Balaban J connectivity index is 1.52. The van der Waals surface area contributed by atoms with E-state index < -0.39 is 23.6 Å². The van der Waals surface area contributed by atoms with Crippen LogP contribution in [0.3, 0.4) is 0 Å². The summed E-state index contributed by atoms with van der Waals surface area (Å²) >= 11 is 0. The van der Waals surface area contributed by atoms with E-state index in [1.54, 1.807) is 73.1 Å². The first kappa shape index (κ1) is 27.4. The lowest BCUT2D eigenvalue weighted by Gasteiger charge is -2.21. The van der Waals surface area contributed by atoms with Crippen molar-refractivity contribution in [2.24, 2.45) is 5.84 Å². The Labute approximate surface area is 238 Å². The van der Waals surface area contributed by atoms with Gasteiger partial charge < -0.3 is 0 Å². The summed E-state index contributed by atoms with van der Waals surface area (Å²) in [5.41, 5.74) is 5.24. The number of rotatable bonds is 6. The van der Waals surface area contributed by atoms with E-state index in [2.05, 4.69) is 30.3 Å². The molecule has 0 aliphatic rings. The molecule has 42 heavy (non-hydrogen) atoms. The molecule has 4 amide bonds. The number of nitrogens with zero attached hydrogens (tertiary/aromatic N) is 6. The average Bonchev–Trinajstić information content (AvgIpc) is 3.07. The molecule has 5 rings (SSSR count). The molecule has 0 radical (unpaired) electrons. The third kappa shape index (κ3) is 6.00. The third-order valence-corrected chi connectivity index (χ3v) is 5.76. The predicted molar refractivity (Wildman–Crippen MR) is 149 cm³/mol. The highest BCUT2D eigenvalue weighted by Crippen LogP contribution is 2.17. The quantitative estimate of drug-likeness (QED) is 0.121. The van der Waals surface area contributed by atoms with E-state index >= 15 is 0 Å². The van der Waals surface area contributed by atoms with Gasteiger partial charge in [-0.2, -0.15) is 5.01 Å². The lowest BCUT2D eigenvalue weighted by Crippen LogP contribution is -2.50. The van der Waals surface area contributed by atoms with Crippen molar-refractivity contribution in [1.82, 2.24) is 40.8 Å². The van der Waals surface area contributed by atoms with E-state index in [4.69, 9.17) is 5.84 Å². The topological polar surface area (TPSA) is 186 Å². The number of imide groups is 1. The number of nitrogens with one attached hydrogen (secondary N) is 2. The van der Waals surface area contributed by atoms with Gasteiger partial charge in [-0.25, -0.2) is 20.8 Å². The van der Waals surface area contributed by atoms with Crippen LogP contribution < -0.4 is 16.7 Å². The number of hydrogen-bond donors (Lipinski definition) is 3. The summed E-state index contributed by atoms with van der Waals surface area (Å²) in [6.45, 7) is 0. The summed E-state index contributed by atoms with van der Waals surface area (Å²) in [5, 5.41) is 0.495. The van der Waals surface area contributed by atoms with Crippen molar-refractivity contribution in [3.05, 3.63) is 126 Å². The van der Waals surface area contributed by atoms with E-state index in [-0.39, 0.29) is 22.8 Å². The zero-order valence-electron chi connectivity index (χ0n) is 21.7. The molecule has 5 aromatic heterocycles. The number of aromatic nitrogens is 5. The minimum absolute atomic E-state index is 0.149. The van der Waals surface area contributed by atoms with Crippen LogP contribution in [0.5, 0.6) is 0 Å². The van der Waals surface area contributed by atoms with E-state index in [0.29, 0.717) is 27.8 Å². The zero-order valence-corrected chi connectivity index (χ0v) is 21.7. The molecule has 4 N–H and O–H groups in total. The number of nitrogens with two attached hydrogens (primary N) is 1. The summed E-state index contributed by atoms with van der Waals surface area (Å²) in [6.07, 6.45) is 3.15. The van der Waals surface area contributed by atoms with E-state index in [0.717, 1.165) is 0 Å². The Morgan fingerprint density at radius 1 is 0.524 bits per heavy atom. The molecular weight excluding hydrogens is 538 g/mol. The fraction of sp³-hybridized carbons (Fsp3) is 0. The third-order valence-electron chi connectivity index (χ3n) is 5.76. The van der Waals surface area contributed by atoms with E-state index in [9.17, 15) is 19.2 Å². The molecule has 0 fully saturated rings.